The van der Waals surface area contributed by atoms with E-state index in [4.69, 9.17) is 11.6 Å². The maximum Gasteiger partial charge on any atom is 0.342 e. The molecule has 2 N–H and O–H groups in total. The predicted octanol–water partition coefficient (Wildman–Crippen LogP) is 1.05. The molecule has 0 fully saturated rings. The highest BCUT2D eigenvalue weighted by molar-refractivity contribution is 6.32. The molecule has 0 aliphatic carbocycles. The highest BCUT2D eigenvalue weighted by atomic mass is 35.5. The van der Waals surface area contributed by atoms with Crippen molar-refractivity contribution in [1.82, 2.24) is 15.2 Å². The van der Waals surface area contributed by atoms with E-state index < -0.39 is 17.2 Å². The van der Waals surface area contributed by atoms with Gasteiger partial charge in [0.1, 0.15) is 0 Å². The second-order valence-corrected chi connectivity index (χ2v) is 6.17. The number of carbonyl (C=O) groups is 1. The maximum absolute atomic E-state index is 12.6. The van der Waals surface area contributed by atoms with Crippen molar-refractivity contribution in [2.45, 2.75) is 19.3 Å². The molecular formula is C14H13ClN4O3. The topological polar surface area (TPSA) is 98.9 Å². The maximum atomic E-state index is 12.6. The average Bonchev–Trinajstić information content (AvgIpc) is 2.71. The first kappa shape index (κ1) is 14.5. The number of aromatic amines is 2. The molecule has 7 nitrogen and oxygen atoms in total. The van der Waals surface area contributed by atoms with Crippen molar-refractivity contribution >= 4 is 23.2 Å². The molecule has 0 radical (unpaired) electrons. The average molecular weight is 321 g/mol. The van der Waals surface area contributed by atoms with Crippen LogP contribution in [-0.4, -0.2) is 27.6 Å². The normalized spacial score (nSPS) is 15.7. The van der Waals surface area contributed by atoms with E-state index in [0.717, 1.165) is 5.56 Å². The number of amides is 1. The van der Waals surface area contributed by atoms with E-state index in [0.29, 0.717) is 17.3 Å². The molecule has 0 unspecified atom stereocenters. The fourth-order valence-electron chi connectivity index (χ4n) is 2.77. The zero-order chi connectivity index (χ0) is 16.1. The Morgan fingerprint density at radius 3 is 2.77 bits per heavy atom. The summed E-state index contributed by atoms with van der Waals surface area (Å²) in [7, 11) is 0. The van der Waals surface area contributed by atoms with Crippen LogP contribution in [0.5, 0.6) is 0 Å². The van der Waals surface area contributed by atoms with Crippen LogP contribution in [0.3, 0.4) is 0 Å². The van der Waals surface area contributed by atoms with Gasteiger partial charge in [-0.15, -0.1) is 0 Å². The molecule has 0 saturated heterocycles. The van der Waals surface area contributed by atoms with Gasteiger partial charge in [-0.05, 0) is 12.1 Å². The Kier molecular flexibility index (Phi) is 3.17. The molecule has 0 saturated carbocycles. The molecule has 1 aliphatic heterocycles. The lowest BCUT2D eigenvalue weighted by atomic mass is 9.87. The van der Waals surface area contributed by atoms with E-state index in [1.165, 1.54) is 4.90 Å². The summed E-state index contributed by atoms with van der Waals surface area (Å²) in [6, 6.07) is 5.28. The minimum Gasteiger partial charge on any atom is -0.306 e. The van der Waals surface area contributed by atoms with Crippen molar-refractivity contribution in [3.8, 4) is 0 Å². The lowest BCUT2D eigenvalue weighted by Gasteiger charge is -2.20. The molecule has 1 aromatic carbocycles. The molecule has 1 amide bonds. The van der Waals surface area contributed by atoms with Gasteiger partial charge in [-0.3, -0.25) is 14.6 Å². The lowest BCUT2D eigenvalue weighted by molar-refractivity contribution is 0.0978. The third-order valence-electron chi connectivity index (χ3n) is 3.67. The van der Waals surface area contributed by atoms with Gasteiger partial charge < -0.3 is 4.90 Å². The van der Waals surface area contributed by atoms with Gasteiger partial charge in [-0.1, -0.05) is 31.5 Å². The second kappa shape index (κ2) is 4.81. The number of carbonyl (C=O) groups excluding carboxylic acids is 1. The molecule has 1 aliphatic rings. The summed E-state index contributed by atoms with van der Waals surface area (Å²) in [5, 5.41) is 6.20. The molecule has 8 heteroatoms. The molecule has 3 rings (SSSR count). The van der Waals surface area contributed by atoms with E-state index in [1.807, 2.05) is 18.8 Å². The number of halogens is 1. The summed E-state index contributed by atoms with van der Waals surface area (Å²) in [6.07, 6.45) is 0. The van der Waals surface area contributed by atoms with Crippen molar-refractivity contribution in [2.75, 3.05) is 11.4 Å². The standard InChI is InChI=1S/C14H13ClN4O3/c1-14(2)6-19(8-5-3-4-7(15)9(8)14)12(21)10-11(20)16-13(22)18-17-10/h3-5H,6H2,1-2H3,(H2,16,18,20,22). The van der Waals surface area contributed by atoms with Gasteiger partial charge in [0.15, 0.2) is 0 Å². The van der Waals surface area contributed by atoms with E-state index in [9.17, 15) is 14.4 Å². The number of aromatic nitrogens is 3. The van der Waals surface area contributed by atoms with Crippen LogP contribution in [0.1, 0.15) is 29.9 Å². The van der Waals surface area contributed by atoms with Gasteiger partial charge in [0, 0.05) is 28.2 Å². The van der Waals surface area contributed by atoms with Crippen LogP contribution in [0, 0.1) is 0 Å². The first-order valence-electron chi connectivity index (χ1n) is 6.61. The Labute approximate surface area is 129 Å². The summed E-state index contributed by atoms with van der Waals surface area (Å²) in [5.41, 5.74) is -0.782. The van der Waals surface area contributed by atoms with Crippen molar-refractivity contribution in [3.05, 3.63) is 55.3 Å². The third-order valence-corrected chi connectivity index (χ3v) is 3.99. The van der Waals surface area contributed by atoms with E-state index in [2.05, 4.69) is 10.2 Å². The third kappa shape index (κ3) is 2.14. The predicted molar refractivity (Wildman–Crippen MR) is 81.6 cm³/mol. The Balaban J connectivity index is 2.12. The summed E-state index contributed by atoms with van der Waals surface area (Å²) in [6.45, 7) is 4.30. The van der Waals surface area contributed by atoms with Crippen LogP contribution in [0.4, 0.5) is 5.69 Å². The summed E-state index contributed by atoms with van der Waals surface area (Å²) < 4.78 is 0. The van der Waals surface area contributed by atoms with Gasteiger partial charge >= 0.3 is 5.69 Å². The smallest absolute Gasteiger partial charge is 0.306 e. The summed E-state index contributed by atoms with van der Waals surface area (Å²) in [5.74, 6) is -0.577. The van der Waals surface area contributed by atoms with Crippen LogP contribution < -0.4 is 16.1 Å². The zero-order valence-electron chi connectivity index (χ0n) is 11.9. The minimum atomic E-state index is -0.818. The SMILES string of the molecule is CC1(C)CN(C(=O)c2n[nH]c(=O)[nH]c2=O)c2cccc(Cl)c21. The van der Waals surface area contributed by atoms with Crippen LogP contribution in [0.2, 0.25) is 5.02 Å². The van der Waals surface area contributed by atoms with Crippen LogP contribution in [0.15, 0.2) is 27.8 Å². The Morgan fingerprint density at radius 1 is 1.36 bits per heavy atom. The zero-order valence-corrected chi connectivity index (χ0v) is 12.7. The van der Waals surface area contributed by atoms with Gasteiger partial charge in [-0.2, -0.15) is 5.10 Å². The van der Waals surface area contributed by atoms with E-state index >= 15 is 0 Å². The van der Waals surface area contributed by atoms with Crippen molar-refractivity contribution in [2.24, 2.45) is 0 Å². The monoisotopic (exact) mass is 320 g/mol. The van der Waals surface area contributed by atoms with Gasteiger partial charge in [-0.25, -0.2) is 9.89 Å². The molecule has 2 heterocycles. The fraction of sp³-hybridized carbons (Fsp3) is 0.286. The largest absolute Gasteiger partial charge is 0.342 e. The van der Waals surface area contributed by atoms with Gasteiger partial charge in [0.2, 0.25) is 5.69 Å². The number of benzene rings is 1. The second-order valence-electron chi connectivity index (χ2n) is 5.76. The Bertz CT molecular complexity index is 884. The number of anilines is 1. The van der Waals surface area contributed by atoms with Crippen LogP contribution in [0.25, 0.3) is 0 Å². The Hall–Kier alpha value is -2.41. The first-order valence-corrected chi connectivity index (χ1v) is 6.99. The molecule has 0 atom stereocenters. The highest BCUT2D eigenvalue weighted by Crippen LogP contribution is 2.44. The molecular weight excluding hydrogens is 308 g/mol. The highest BCUT2D eigenvalue weighted by Gasteiger charge is 2.40. The molecule has 0 spiro atoms. The number of hydrogen-bond donors (Lipinski definition) is 2. The number of fused-ring (bicyclic) bond motifs is 1. The van der Waals surface area contributed by atoms with Gasteiger partial charge in [0.25, 0.3) is 11.5 Å². The number of rotatable bonds is 1. The fourth-order valence-corrected chi connectivity index (χ4v) is 3.19. The van der Waals surface area contributed by atoms with E-state index in [1.54, 1.807) is 18.2 Å². The Morgan fingerprint density at radius 2 is 2.09 bits per heavy atom. The molecule has 0 bridgehead atoms. The molecule has 2 aromatic rings. The van der Waals surface area contributed by atoms with Crippen molar-refractivity contribution in [1.29, 1.82) is 0 Å². The number of nitrogens with zero attached hydrogens (tertiary/aromatic N) is 2. The molecule has 1 aromatic heterocycles. The summed E-state index contributed by atoms with van der Waals surface area (Å²) in [4.78, 5) is 38.9. The van der Waals surface area contributed by atoms with Crippen LogP contribution >= 0.6 is 11.6 Å². The number of hydrogen-bond acceptors (Lipinski definition) is 4. The van der Waals surface area contributed by atoms with E-state index in [-0.39, 0.29) is 11.1 Å². The van der Waals surface area contributed by atoms with Gasteiger partial charge in [0.05, 0.1) is 0 Å². The molecule has 22 heavy (non-hydrogen) atoms. The lowest BCUT2D eigenvalue weighted by Crippen LogP contribution is -2.39. The van der Waals surface area contributed by atoms with Crippen molar-refractivity contribution in [3.63, 3.8) is 0 Å². The van der Waals surface area contributed by atoms with Crippen molar-refractivity contribution < 1.29 is 4.79 Å². The number of nitrogens with one attached hydrogen (secondary N) is 2. The quantitative estimate of drug-likeness (QED) is 0.820. The summed E-state index contributed by atoms with van der Waals surface area (Å²) >= 11 is 6.25. The minimum absolute atomic E-state index is 0.349. The van der Waals surface area contributed by atoms with Crippen LogP contribution in [-0.2, 0) is 5.41 Å². The number of H-pyrrole nitrogens is 2. The first-order chi connectivity index (χ1) is 10.3. The molecule has 114 valence electrons.